The molecule has 0 amide bonds. The third-order valence-electron chi connectivity index (χ3n) is 3.05. The third kappa shape index (κ3) is 2.47. The van der Waals surface area contributed by atoms with E-state index < -0.39 is 5.82 Å². The van der Waals surface area contributed by atoms with E-state index in [9.17, 15) is 9.18 Å². The molecule has 2 nitrogen and oxygen atoms in total. The zero-order valence-electron chi connectivity index (χ0n) is 10.8. The number of rotatable bonds is 3. The number of aromatic nitrogens is 1. The zero-order valence-corrected chi connectivity index (χ0v) is 11.6. The Morgan fingerprint density at radius 3 is 2.70 bits per heavy atom. The third-order valence-corrected chi connectivity index (χ3v) is 4.06. The van der Waals surface area contributed by atoms with Gasteiger partial charge in [-0.05, 0) is 37.3 Å². The van der Waals surface area contributed by atoms with Crippen molar-refractivity contribution in [2.75, 3.05) is 0 Å². The first-order valence-electron chi connectivity index (χ1n) is 6.19. The number of carbonyl (C=O) groups excluding carboxylic acids is 1. The van der Waals surface area contributed by atoms with Gasteiger partial charge < -0.3 is 4.98 Å². The highest BCUT2D eigenvalue weighted by Crippen LogP contribution is 2.32. The highest BCUT2D eigenvalue weighted by atomic mass is 32.2. The van der Waals surface area contributed by atoms with Gasteiger partial charge in [0.1, 0.15) is 5.82 Å². The van der Waals surface area contributed by atoms with E-state index in [4.69, 9.17) is 0 Å². The van der Waals surface area contributed by atoms with Crippen LogP contribution in [-0.2, 0) is 0 Å². The number of fused-ring (bicyclic) bond motifs is 1. The fourth-order valence-electron chi connectivity index (χ4n) is 2.09. The van der Waals surface area contributed by atoms with Gasteiger partial charge in [0.05, 0.1) is 5.03 Å². The number of hydrogen-bond donors (Lipinski definition) is 1. The van der Waals surface area contributed by atoms with E-state index in [1.54, 1.807) is 6.07 Å². The smallest absolute Gasteiger partial charge is 0.161 e. The number of hydrogen-bond acceptors (Lipinski definition) is 2. The van der Waals surface area contributed by atoms with Crippen LogP contribution in [0.15, 0.2) is 58.5 Å². The standard InChI is InChI=1S/C16H12FNOS/c1-10(19)13-9-12(17)6-7-15(13)20-16-8-11-4-2-3-5-14(11)18-16/h2-9,18H,1H3. The van der Waals surface area contributed by atoms with Crippen molar-refractivity contribution in [1.82, 2.24) is 4.98 Å². The highest BCUT2D eigenvalue weighted by molar-refractivity contribution is 7.99. The number of ketones is 1. The van der Waals surface area contributed by atoms with Gasteiger partial charge in [0, 0.05) is 21.4 Å². The Balaban J connectivity index is 2.00. The summed E-state index contributed by atoms with van der Waals surface area (Å²) in [4.78, 5) is 15.6. The molecule has 0 fully saturated rings. The van der Waals surface area contributed by atoms with Crippen LogP contribution >= 0.6 is 11.8 Å². The molecule has 0 aliphatic carbocycles. The molecule has 3 aromatic rings. The molecule has 100 valence electrons. The Morgan fingerprint density at radius 2 is 1.95 bits per heavy atom. The minimum atomic E-state index is -0.392. The predicted molar refractivity (Wildman–Crippen MR) is 78.8 cm³/mol. The van der Waals surface area contributed by atoms with Crippen LogP contribution in [0, 0.1) is 5.82 Å². The molecule has 0 atom stereocenters. The first-order chi connectivity index (χ1) is 9.63. The molecule has 0 spiro atoms. The quantitative estimate of drug-likeness (QED) is 0.710. The Morgan fingerprint density at radius 1 is 1.15 bits per heavy atom. The van der Waals surface area contributed by atoms with E-state index >= 15 is 0 Å². The Bertz CT molecular complexity index is 761. The van der Waals surface area contributed by atoms with E-state index in [0.717, 1.165) is 20.8 Å². The minimum Gasteiger partial charge on any atom is -0.349 e. The van der Waals surface area contributed by atoms with E-state index in [1.165, 1.54) is 30.8 Å². The molecule has 1 aromatic heterocycles. The van der Waals surface area contributed by atoms with Crippen molar-refractivity contribution in [2.45, 2.75) is 16.8 Å². The molecule has 0 bridgehead atoms. The Kier molecular flexibility index (Phi) is 3.32. The second-order valence-corrected chi connectivity index (χ2v) is 5.60. The van der Waals surface area contributed by atoms with Crippen LogP contribution in [-0.4, -0.2) is 10.8 Å². The highest BCUT2D eigenvalue weighted by Gasteiger charge is 2.11. The predicted octanol–water partition coefficient (Wildman–Crippen LogP) is 4.66. The van der Waals surface area contributed by atoms with Gasteiger partial charge in [0.2, 0.25) is 0 Å². The van der Waals surface area contributed by atoms with Gasteiger partial charge in [-0.15, -0.1) is 0 Å². The second kappa shape index (κ2) is 5.13. The molecule has 0 radical (unpaired) electrons. The number of Topliss-reactive ketones (excluding diaryl/α,β-unsaturated/α-hetero) is 1. The van der Waals surface area contributed by atoms with Crippen LogP contribution < -0.4 is 0 Å². The summed E-state index contributed by atoms with van der Waals surface area (Å²) in [5.41, 5.74) is 1.45. The van der Waals surface area contributed by atoms with Gasteiger partial charge >= 0.3 is 0 Å². The van der Waals surface area contributed by atoms with Gasteiger partial charge in [0.25, 0.3) is 0 Å². The second-order valence-electron chi connectivity index (χ2n) is 4.52. The number of nitrogens with one attached hydrogen (secondary N) is 1. The maximum absolute atomic E-state index is 13.2. The maximum atomic E-state index is 13.2. The minimum absolute atomic E-state index is 0.136. The summed E-state index contributed by atoms with van der Waals surface area (Å²) in [5.74, 6) is -0.528. The summed E-state index contributed by atoms with van der Waals surface area (Å²) in [6, 6.07) is 14.3. The topological polar surface area (TPSA) is 32.9 Å². The molecular formula is C16H12FNOS. The lowest BCUT2D eigenvalue weighted by Crippen LogP contribution is -1.96. The first-order valence-corrected chi connectivity index (χ1v) is 7.01. The number of carbonyl (C=O) groups is 1. The van der Waals surface area contributed by atoms with E-state index in [0.29, 0.717) is 5.56 Å². The van der Waals surface area contributed by atoms with E-state index in [-0.39, 0.29) is 5.78 Å². The van der Waals surface area contributed by atoms with Crippen molar-refractivity contribution in [1.29, 1.82) is 0 Å². The molecule has 1 N–H and O–H groups in total. The number of benzene rings is 2. The molecule has 3 rings (SSSR count). The van der Waals surface area contributed by atoms with Crippen molar-refractivity contribution >= 4 is 28.4 Å². The summed E-state index contributed by atoms with van der Waals surface area (Å²) < 4.78 is 13.2. The Labute approximate surface area is 120 Å². The lowest BCUT2D eigenvalue weighted by Gasteiger charge is -2.05. The lowest BCUT2D eigenvalue weighted by molar-refractivity contribution is 0.101. The van der Waals surface area contributed by atoms with Crippen LogP contribution in [0.5, 0.6) is 0 Å². The van der Waals surface area contributed by atoms with Crippen molar-refractivity contribution in [3.8, 4) is 0 Å². The normalized spacial score (nSPS) is 10.9. The average molecular weight is 285 g/mol. The monoisotopic (exact) mass is 285 g/mol. The van der Waals surface area contributed by atoms with E-state index in [1.807, 2.05) is 30.3 Å². The van der Waals surface area contributed by atoms with Gasteiger partial charge in [-0.2, -0.15) is 0 Å². The fraction of sp³-hybridized carbons (Fsp3) is 0.0625. The van der Waals surface area contributed by atoms with Gasteiger partial charge in [0.15, 0.2) is 5.78 Å². The summed E-state index contributed by atoms with van der Waals surface area (Å²) in [6.45, 7) is 1.45. The van der Waals surface area contributed by atoms with Crippen LogP contribution in [0.3, 0.4) is 0 Å². The maximum Gasteiger partial charge on any atom is 0.161 e. The SMILES string of the molecule is CC(=O)c1cc(F)ccc1Sc1cc2ccccc2[nH]1. The molecule has 4 heteroatoms. The fourth-order valence-corrected chi connectivity index (χ4v) is 3.12. The molecule has 0 aliphatic heterocycles. The van der Waals surface area contributed by atoms with Crippen LogP contribution in [0.25, 0.3) is 10.9 Å². The molecule has 0 saturated heterocycles. The average Bonchev–Trinajstić information content (AvgIpc) is 2.82. The summed E-state index contributed by atoms with van der Waals surface area (Å²) in [5, 5.41) is 2.04. The van der Waals surface area contributed by atoms with Gasteiger partial charge in [-0.3, -0.25) is 4.79 Å². The molecule has 0 unspecified atom stereocenters. The van der Waals surface area contributed by atoms with Crippen molar-refractivity contribution < 1.29 is 9.18 Å². The zero-order chi connectivity index (χ0) is 14.1. The number of H-pyrrole nitrogens is 1. The summed E-state index contributed by atoms with van der Waals surface area (Å²) >= 11 is 1.43. The van der Waals surface area contributed by atoms with Crippen LogP contribution in [0.2, 0.25) is 0 Å². The van der Waals surface area contributed by atoms with Crippen molar-refractivity contribution in [3.63, 3.8) is 0 Å². The van der Waals surface area contributed by atoms with Gasteiger partial charge in [-0.25, -0.2) is 4.39 Å². The molecular weight excluding hydrogens is 273 g/mol. The number of halogens is 1. The van der Waals surface area contributed by atoms with Crippen LogP contribution in [0.1, 0.15) is 17.3 Å². The molecule has 20 heavy (non-hydrogen) atoms. The molecule has 0 aliphatic rings. The number of para-hydroxylation sites is 1. The van der Waals surface area contributed by atoms with Crippen molar-refractivity contribution in [3.05, 3.63) is 59.9 Å². The largest absolute Gasteiger partial charge is 0.349 e. The first kappa shape index (κ1) is 12.9. The molecule has 0 saturated carbocycles. The summed E-state index contributed by atoms with van der Waals surface area (Å²) in [6.07, 6.45) is 0. The van der Waals surface area contributed by atoms with Crippen LogP contribution in [0.4, 0.5) is 4.39 Å². The number of aromatic amines is 1. The molecule has 1 heterocycles. The van der Waals surface area contributed by atoms with Crippen molar-refractivity contribution in [2.24, 2.45) is 0 Å². The summed E-state index contributed by atoms with van der Waals surface area (Å²) in [7, 11) is 0. The Hall–Kier alpha value is -2.07. The van der Waals surface area contributed by atoms with Gasteiger partial charge in [-0.1, -0.05) is 30.0 Å². The lowest BCUT2D eigenvalue weighted by atomic mass is 10.1. The van der Waals surface area contributed by atoms with E-state index in [2.05, 4.69) is 4.98 Å². The molecule has 2 aromatic carbocycles.